The van der Waals surface area contributed by atoms with E-state index >= 15 is 0 Å². The van der Waals surface area contributed by atoms with E-state index in [1.807, 2.05) is 6.07 Å². The molecule has 0 spiro atoms. The molecule has 0 aromatic heterocycles. The van der Waals surface area contributed by atoms with Crippen molar-refractivity contribution in [2.24, 2.45) is 5.41 Å². The SMILES string of the molecule is COc1ccc2c(c1)C(=O)N(CC(C)(CC(=O)N1CCOCC1)C(=O)NC(C)=O)C2. The zero-order valence-corrected chi connectivity index (χ0v) is 17.5. The largest absolute Gasteiger partial charge is 0.497 e. The molecule has 30 heavy (non-hydrogen) atoms. The quantitative estimate of drug-likeness (QED) is 0.726. The van der Waals surface area contributed by atoms with Crippen LogP contribution in [0.1, 0.15) is 36.2 Å². The number of ether oxygens (including phenoxy) is 2. The molecule has 2 aliphatic rings. The fourth-order valence-corrected chi connectivity index (χ4v) is 3.79. The van der Waals surface area contributed by atoms with Gasteiger partial charge in [0.15, 0.2) is 0 Å². The van der Waals surface area contributed by atoms with Crippen molar-refractivity contribution >= 4 is 23.6 Å². The Hall–Kier alpha value is -2.94. The number of methoxy groups -OCH3 is 1. The molecule has 0 radical (unpaired) electrons. The fourth-order valence-electron chi connectivity index (χ4n) is 3.79. The van der Waals surface area contributed by atoms with Gasteiger partial charge in [-0.15, -0.1) is 0 Å². The average molecular weight is 417 g/mol. The van der Waals surface area contributed by atoms with Crippen molar-refractivity contribution in [2.45, 2.75) is 26.8 Å². The summed E-state index contributed by atoms with van der Waals surface area (Å²) in [6.45, 7) is 5.00. The first-order valence-corrected chi connectivity index (χ1v) is 9.87. The van der Waals surface area contributed by atoms with Crippen LogP contribution in [0.3, 0.4) is 0 Å². The van der Waals surface area contributed by atoms with E-state index in [-0.39, 0.29) is 24.8 Å². The Labute approximate surface area is 175 Å². The van der Waals surface area contributed by atoms with Gasteiger partial charge in [-0.05, 0) is 24.6 Å². The standard InChI is InChI=1S/C21H27N3O6/c1-14(25)22-20(28)21(2,11-18(26)23-6-8-30-9-7-23)13-24-12-15-4-5-16(29-3)10-17(15)19(24)27/h4-5,10H,6-9,11-13H2,1-3H3,(H,22,25,28). The molecule has 1 unspecified atom stereocenters. The molecule has 0 saturated carbocycles. The lowest BCUT2D eigenvalue weighted by Gasteiger charge is -2.34. The van der Waals surface area contributed by atoms with Gasteiger partial charge in [0.2, 0.25) is 17.7 Å². The van der Waals surface area contributed by atoms with E-state index < -0.39 is 17.2 Å². The summed E-state index contributed by atoms with van der Waals surface area (Å²) < 4.78 is 10.5. The number of carbonyl (C=O) groups excluding carboxylic acids is 4. The number of hydrogen-bond donors (Lipinski definition) is 1. The van der Waals surface area contributed by atoms with E-state index in [4.69, 9.17) is 9.47 Å². The van der Waals surface area contributed by atoms with Gasteiger partial charge in [0.1, 0.15) is 5.75 Å². The predicted molar refractivity (Wildman–Crippen MR) is 107 cm³/mol. The highest BCUT2D eigenvalue weighted by atomic mass is 16.5. The zero-order chi connectivity index (χ0) is 21.9. The van der Waals surface area contributed by atoms with Crippen LogP contribution in [0.5, 0.6) is 5.75 Å². The van der Waals surface area contributed by atoms with Crippen LogP contribution in [0.4, 0.5) is 0 Å². The molecule has 1 aromatic rings. The van der Waals surface area contributed by atoms with Crippen molar-refractivity contribution in [3.05, 3.63) is 29.3 Å². The lowest BCUT2D eigenvalue weighted by Crippen LogP contribution is -2.51. The van der Waals surface area contributed by atoms with Gasteiger partial charge in [-0.2, -0.15) is 0 Å². The van der Waals surface area contributed by atoms with Crippen LogP contribution in [0.2, 0.25) is 0 Å². The second kappa shape index (κ2) is 8.83. The lowest BCUT2D eigenvalue weighted by atomic mass is 9.84. The fraction of sp³-hybridized carbons (Fsp3) is 0.524. The van der Waals surface area contributed by atoms with Crippen molar-refractivity contribution < 1.29 is 28.7 Å². The summed E-state index contributed by atoms with van der Waals surface area (Å²) in [6, 6.07) is 5.26. The molecule has 4 amide bonds. The van der Waals surface area contributed by atoms with E-state index in [9.17, 15) is 19.2 Å². The van der Waals surface area contributed by atoms with Gasteiger partial charge in [0, 0.05) is 45.1 Å². The molecule has 162 valence electrons. The highest BCUT2D eigenvalue weighted by Gasteiger charge is 2.42. The second-order valence-electron chi connectivity index (χ2n) is 7.93. The number of hydrogen-bond acceptors (Lipinski definition) is 6. The van der Waals surface area contributed by atoms with Crippen molar-refractivity contribution in [2.75, 3.05) is 40.0 Å². The Morgan fingerprint density at radius 2 is 1.93 bits per heavy atom. The Balaban J connectivity index is 1.80. The van der Waals surface area contributed by atoms with Crippen LogP contribution in [-0.4, -0.2) is 73.4 Å². The second-order valence-corrected chi connectivity index (χ2v) is 7.93. The molecule has 1 aromatic carbocycles. The topological polar surface area (TPSA) is 105 Å². The summed E-state index contributed by atoms with van der Waals surface area (Å²) in [7, 11) is 1.53. The molecule has 9 heteroatoms. The normalized spacial score (nSPS) is 17.9. The van der Waals surface area contributed by atoms with Crippen LogP contribution in [0.15, 0.2) is 18.2 Å². The first-order chi connectivity index (χ1) is 14.2. The number of morpholine rings is 1. The number of rotatable bonds is 6. The maximum atomic E-state index is 12.9. The third-order valence-corrected chi connectivity index (χ3v) is 5.48. The molecule has 1 N–H and O–H groups in total. The van der Waals surface area contributed by atoms with Gasteiger partial charge >= 0.3 is 0 Å². The average Bonchev–Trinajstić information content (AvgIpc) is 3.02. The number of fused-ring (bicyclic) bond motifs is 1. The first kappa shape index (κ1) is 21.8. The maximum absolute atomic E-state index is 12.9. The lowest BCUT2D eigenvalue weighted by molar-refractivity contribution is -0.145. The Kier molecular flexibility index (Phi) is 6.40. The highest BCUT2D eigenvalue weighted by Crippen LogP contribution is 2.32. The van der Waals surface area contributed by atoms with Gasteiger partial charge in [0.25, 0.3) is 5.91 Å². The van der Waals surface area contributed by atoms with Crippen LogP contribution in [0, 0.1) is 5.41 Å². The van der Waals surface area contributed by atoms with Gasteiger partial charge in [-0.25, -0.2) is 0 Å². The summed E-state index contributed by atoms with van der Waals surface area (Å²) in [5.74, 6) is -0.942. The number of amides is 4. The van der Waals surface area contributed by atoms with Crippen molar-refractivity contribution in [3.63, 3.8) is 0 Å². The molecule has 1 fully saturated rings. The van der Waals surface area contributed by atoms with Crippen LogP contribution in [0.25, 0.3) is 0 Å². The van der Waals surface area contributed by atoms with Gasteiger partial charge in [0.05, 0.1) is 25.7 Å². The van der Waals surface area contributed by atoms with E-state index in [2.05, 4.69) is 5.32 Å². The minimum Gasteiger partial charge on any atom is -0.497 e. The summed E-state index contributed by atoms with van der Waals surface area (Å²) in [4.78, 5) is 53.3. The van der Waals surface area contributed by atoms with Crippen LogP contribution >= 0.6 is 0 Å². The molecule has 2 heterocycles. The summed E-state index contributed by atoms with van der Waals surface area (Å²) in [5, 5.41) is 2.29. The Bertz CT molecular complexity index is 864. The van der Waals surface area contributed by atoms with E-state index in [1.165, 1.54) is 18.9 Å². The molecule has 3 rings (SSSR count). The molecule has 2 aliphatic heterocycles. The summed E-state index contributed by atoms with van der Waals surface area (Å²) in [6.07, 6.45) is -0.116. The Morgan fingerprint density at radius 1 is 1.23 bits per heavy atom. The van der Waals surface area contributed by atoms with Crippen LogP contribution < -0.4 is 10.1 Å². The van der Waals surface area contributed by atoms with Crippen molar-refractivity contribution in [1.82, 2.24) is 15.1 Å². The van der Waals surface area contributed by atoms with Gasteiger partial charge < -0.3 is 19.3 Å². The molecule has 0 bridgehead atoms. The number of nitrogens with zero attached hydrogens (tertiary/aromatic N) is 2. The molecule has 9 nitrogen and oxygen atoms in total. The molecular weight excluding hydrogens is 390 g/mol. The van der Waals surface area contributed by atoms with E-state index in [1.54, 1.807) is 24.0 Å². The molecule has 1 saturated heterocycles. The van der Waals surface area contributed by atoms with Gasteiger partial charge in [-0.3, -0.25) is 24.5 Å². The third-order valence-electron chi connectivity index (χ3n) is 5.48. The maximum Gasteiger partial charge on any atom is 0.254 e. The van der Waals surface area contributed by atoms with Crippen molar-refractivity contribution in [1.29, 1.82) is 0 Å². The number of imide groups is 1. The number of nitrogens with one attached hydrogen (secondary N) is 1. The third kappa shape index (κ3) is 4.62. The van der Waals surface area contributed by atoms with E-state index in [0.717, 1.165) is 5.56 Å². The monoisotopic (exact) mass is 417 g/mol. The number of benzene rings is 1. The molecule has 0 aliphatic carbocycles. The smallest absolute Gasteiger partial charge is 0.254 e. The first-order valence-electron chi connectivity index (χ1n) is 9.87. The van der Waals surface area contributed by atoms with Crippen molar-refractivity contribution in [3.8, 4) is 5.75 Å². The van der Waals surface area contributed by atoms with Crippen LogP contribution in [-0.2, 0) is 25.7 Å². The molecule has 1 atom stereocenters. The highest BCUT2D eigenvalue weighted by molar-refractivity contribution is 6.01. The number of carbonyl (C=O) groups is 4. The molecular formula is C21H27N3O6. The Morgan fingerprint density at radius 3 is 2.57 bits per heavy atom. The summed E-state index contributed by atoms with van der Waals surface area (Å²) >= 11 is 0. The predicted octanol–water partition coefficient (Wildman–Crippen LogP) is 0.569. The van der Waals surface area contributed by atoms with E-state index in [0.29, 0.717) is 44.2 Å². The minimum absolute atomic E-state index is 0.0119. The zero-order valence-electron chi connectivity index (χ0n) is 17.5. The summed E-state index contributed by atoms with van der Waals surface area (Å²) in [5.41, 5.74) is 0.0841. The minimum atomic E-state index is -1.26. The van der Waals surface area contributed by atoms with Gasteiger partial charge in [-0.1, -0.05) is 6.07 Å².